The minimum Gasteiger partial charge on any atom is -0.313 e. The first-order valence-corrected chi connectivity index (χ1v) is 8.58. The van der Waals surface area contributed by atoms with E-state index in [0.29, 0.717) is 4.90 Å². The maximum absolute atomic E-state index is 12.4. The third-order valence-corrected chi connectivity index (χ3v) is 5.61. The number of hydrogen-bond donors (Lipinski definition) is 2. The summed E-state index contributed by atoms with van der Waals surface area (Å²) in [6, 6.07) is 7.43. The summed E-state index contributed by atoms with van der Waals surface area (Å²) in [5.74, 6) is 0. The van der Waals surface area contributed by atoms with Gasteiger partial charge in [0, 0.05) is 12.1 Å². The predicted molar refractivity (Wildman–Crippen MR) is 81.0 cm³/mol. The molecule has 112 valence electrons. The highest BCUT2D eigenvalue weighted by molar-refractivity contribution is 7.89. The highest BCUT2D eigenvalue weighted by Crippen LogP contribution is 2.45. The summed E-state index contributed by atoms with van der Waals surface area (Å²) >= 11 is 0. The molecule has 0 amide bonds. The second-order valence-corrected chi connectivity index (χ2v) is 7.90. The van der Waals surface area contributed by atoms with Gasteiger partial charge in [0.05, 0.1) is 4.90 Å². The minimum atomic E-state index is -3.42. The zero-order valence-electron chi connectivity index (χ0n) is 12.6. The lowest BCUT2D eigenvalue weighted by molar-refractivity contribution is 0.553. The van der Waals surface area contributed by atoms with Gasteiger partial charge in [-0.3, -0.25) is 0 Å². The molecule has 0 spiro atoms. The summed E-state index contributed by atoms with van der Waals surface area (Å²) in [5, 5.41) is 3.20. The van der Waals surface area contributed by atoms with Crippen LogP contribution in [0.5, 0.6) is 0 Å². The first kappa shape index (κ1) is 15.5. The van der Waals surface area contributed by atoms with Crippen molar-refractivity contribution in [3.63, 3.8) is 0 Å². The molecular weight excluding hydrogens is 272 g/mol. The molecule has 1 aliphatic carbocycles. The molecule has 0 aromatic heterocycles. The Morgan fingerprint density at radius 1 is 1.40 bits per heavy atom. The van der Waals surface area contributed by atoms with Crippen molar-refractivity contribution in [3.8, 4) is 0 Å². The summed E-state index contributed by atoms with van der Waals surface area (Å²) in [6.07, 6.45) is 1.82. The van der Waals surface area contributed by atoms with Crippen molar-refractivity contribution in [1.29, 1.82) is 0 Å². The van der Waals surface area contributed by atoms with E-state index in [1.165, 1.54) is 0 Å². The van der Waals surface area contributed by atoms with Gasteiger partial charge in [-0.25, -0.2) is 13.1 Å². The molecule has 4 nitrogen and oxygen atoms in total. The first-order chi connectivity index (χ1) is 9.30. The third kappa shape index (κ3) is 3.22. The van der Waals surface area contributed by atoms with Crippen LogP contribution in [0.25, 0.3) is 0 Å². The van der Waals surface area contributed by atoms with Crippen LogP contribution < -0.4 is 10.0 Å². The van der Waals surface area contributed by atoms with E-state index in [2.05, 4.69) is 30.8 Å². The molecule has 1 fully saturated rings. The average Bonchev–Trinajstić information content (AvgIpc) is 2.97. The topological polar surface area (TPSA) is 58.2 Å². The van der Waals surface area contributed by atoms with Gasteiger partial charge in [0.1, 0.15) is 0 Å². The number of rotatable bonds is 6. The molecule has 0 heterocycles. The number of hydrogen-bond acceptors (Lipinski definition) is 3. The Balaban J connectivity index is 2.22. The fourth-order valence-electron chi connectivity index (χ4n) is 2.43. The molecule has 1 aromatic rings. The van der Waals surface area contributed by atoms with Gasteiger partial charge < -0.3 is 5.32 Å². The molecule has 0 radical (unpaired) electrons. The van der Waals surface area contributed by atoms with E-state index < -0.39 is 10.0 Å². The van der Waals surface area contributed by atoms with E-state index in [9.17, 15) is 8.42 Å². The molecule has 1 aromatic carbocycles. The molecule has 1 aliphatic rings. The van der Waals surface area contributed by atoms with Gasteiger partial charge >= 0.3 is 0 Å². The summed E-state index contributed by atoms with van der Waals surface area (Å²) in [5.41, 5.74) is 1.09. The van der Waals surface area contributed by atoms with Gasteiger partial charge in [0.2, 0.25) is 10.0 Å². The maximum Gasteiger partial charge on any atom is 0.240 e. The van der Waals surface area contributed by atoms with Gasteiger partial charge in [-0.15, -0.1) is 0 Å². The van der Waals surface area contributed by atoms with Crippen molar-refractivity contribution in [3.05, 3.63) is 29.8 Å². The summed E-state index contributed by atoms with van der Waals surface area (Å²) in [6.45, 7) is 6.22. The van der Waals surface area contributed by atoms with Crippen LogP contribution in [0.4, 0.5) is 0 Å². The Labute approximate surface area is 122 Å². The van der Waals surface area contributed by atoms with Crippen LogP contribution in [0.1, 0.15) is 45.2 Å². The van der Waals surface area contributed by atoms with Crippen molar-refractivity contribution in [1.82, 2.24) is 10.0 Å². The standard InChI is InChI=1S/C15H24N2O2S/c1-5-13(16-4)11-7-6-8-12(9-11)20(18,19)17-14-10-15(14,2)3/h6-9,13-14,16-17H,5,10H2,1-4H3. The molecule has 1 saturated carbocycles. The lowest BCUT2D eigenvalue weighted by Gasteiger charge is -2.15. The van der Waals surface area contributed by atoms with E-state index in [0.717, 1.165) is 18.4 Å². The average molecular weight is 296 g/mol. The van der Waals surface area contributed by atoms with Crippen LogP contribution in [-0.4, -0.2) is 21.5 Å². The number of sulfonamides is 1. The second kappa shape index (κ2) is 5.47. The van der Waals surface area contributed by atoms with Crippen LogP contribution in [0.3, 0.4) is 0 Å². The predicted octanol–water partition coefficient (Wildman–Crippen LogP) is 2.43. The van der Waals surface area contributed by atoms with Crippen LogP contribution in [0.15, 0.2) is 29.2 Å². The van der Waals surface area contributed by atoms with Crippen LogP contribution in [-0.2, 0) is 10.0 Å². The van der Waals surface area contributed by atoms with E-state index in [1.54, 1.807) is 12.1 Å². The highest BCUT2D eigenvalue weighted by Gasteiger charge is 2.47. The fourth-order valence-corrected chi connectivity index (χ4v) is 3.89. The fraction of sp³-hybridized carbons (Fsp3) is 0.600. The SMILES string of the molecule is CCC(NC)c1cccc(S(=O)(=O)NC2CC2(C)C)c1. The number of benzene rings is 1. The lowest BCUT2D eigenvalue weighted by atomic mass is 10.1. The van der Waals surface area contributed by atoms with Gasteiger partial charge in [-0.05, 0) is 43.0 Å². The smallest absolute Gasteiger partial charge is 0.240 e. The summed E-state index contributed by atoms with van der Waals surface area (Å²) < 4.78 is 27.6. The molecule has 0 saturated heterocycles. The van der Waals surface area contributed by atoms with Crippen molar-refractivity contribution in [2.45, 2.75) is 50.6 Å². The van der Waals surface area contributed by atoms with Crippen LogP contribution >= 0.6 is 0 Å². The highest BCUT2D eigenvalue weighted by atomic mass is 32.2. The zero-order chi connectivity index (χ0) is 15.0. The van der Waals surface area contributed by atoms with Gasteiger partial charge in [0.25, 0.3) is 0 Å². The van der Waals surface area contributed by atoms with Crippen molar-refractivity contribution >= 4 is 10.0 Å². The Kier molecular flexibility index (Phi) is 4.23. The minimum absolute atomic E-state index is 0.0578. The molecule has 2 rings (SSSR count). The Hall–Kier alpha value is -0.910. The third-order valence-electron chi connectivity index (χ3n) is 4.14. The van der Waals surface area contributed by atoms with Gasteiger partial charge in [-0.1, -0.05) is 32.9 Å². The molecule has 20 heavy (non-hydrogen) atoms. The molecule has 2 unspecified atom stereocenters. The lowest BCUT2D eigenvalue weighted by Crippen LogP contribution is -2.28. The van der Waals surface area contributed by atoms with E-state index in [-0.39, 0.29) is 17.5 Å². The van der Waals surface area contributed by atoms with E-state index >= 15 is 0 Å². The molecule has 2 atom stereocenters. The monoisotopic (exact) mass is 296 g/mol. The van der Waals surface area contributed by atoms with Crippen molar-refractivity contribution in [2.75, 3.05) is 7.05 Å². The molecule has 0 aliphatic heterocycles. The normalized spacial score (nSPS) is 22.5. The largest absolute Gasteiger partial charge is 0.313 e. The van der Waals surface area contributed by atoms with Gasteiger partial charge in [-0.2, -0.15) is 0 Å². The summed E-state index contributed by atoms with van der Waals surface area (Å²) in [4.78, 5) is 0.353. The van der Waals surface area contributed by atoms with Crippen LogP contribution in [0, 0.1) is 5.41 Å². The summed E-state index contributed by atoms with van der Waals surface area (Å²) in [7, 11) is -1.53. The zero-order valence-corrected chi connectivity index (χ0v) is 13.4. The Morgan fingerprint density at radius 3 is 2.55 bits per heavy atom. The number of nitrogens with one attached hydrogen (secondary N) is 2. The quantitative estimate of drug-likeness (QED) is 0.847. The Morgan fingerprint density at radius 2 is 2.05 bits per heavy atom. The van der Waals surface area contributed by atoms with Crippen molar-refractivity contribution < 1.29 is 8.42 Å². The Bertz CT molecular complexity index is 577. The molecule has 0 bridgehead atoms. The van der Waals surface area contributed by atoms with Crippen molar-refractivity contribution in [2.24, 2.45) is 5.41 Å². The molecule has 2 N–H and O–H groups in total. The second-order valence-electron chi connectivity index (χ2n) is 6.19. The van der Waals surface area contributed by atoms with Gasteiger partial charge in [0.15, 0.2) is 0 Å². The molecule has 5 heteroatoms. The maximum atomic E-state index is 12.4. The van der Waals surface area contributed by atoms with E-state index in [4.69, 9.17) is 0 Å². The van der Waals surface area contributed by atoms with E-state index in [1.807, 2.05) is 19.2 Å². The van der Waals surface area contributed by atoms with Crippen LogP contribution in [0.2, 0.25) is 0 Å². The molecular formula is C15H24N2O2S. The first-order valence-electron chi connectivity index (χ1n) is 7.09.